The highest BCUT2D eigenvalue weighted by molar-refractivity contribution is 7.92. The third kappa shape index (κ3) is 3.71. The number of benzene rings is 2. The molecule has 0 aromatic heterocycles. The van der Waals surface area contributed by atoms with E-state index >= 15 is 0 Å². The Bertz CT molecular complexity index is 1060. The van der Waals surface area contributed by atoms with Crippen LogP contribution in [0, 0.1) is 34.6 Å². The van der Waals surface area contributed by atoms with E-state index in [1.165, 1.54) is 0 Å². The van der Waals surface area contributed by atoms with E-state index < -0.39 is 10.0 Å². The van der Waals surface area contributed by atoms with Crippen molar-refractivity contribution >= 4 is 21.6 Å². The van der Waals surface area contributed by atoms with Crippen molar-refractivity contribution in [2.75, 3.05) is 24.4 Å². The molecule has 0 unspecified atom stereocenters. The van der Waals surface area contributed by atoms with Crippen molar-refractivity contribution in [2.24, 2.45) is 0 Å². The predicted molar refractivity (Wildman–Crippen MR) is 114 cm³/mol. The van der Waals surface area contributed by atoms with Crippen molar-refractivity contribution in [1.82, 2.24) is 4.90 Å². The standard InChI is InChI=1S/C22H28N2O4S/c1-7-24-10-11-28-20-9-8-18(12-19(20)22(24)25)23-29(26,27)21-16(5)14(3)13(2)15(4)17(21)6/h8-9,12,23H,7,10-11H2,1-6H3. The second-order valence-corrected chi connectivity index (χ2v) is 9.12. The van der Waals surface area contributed by atoms with Crippen LogP contribution >= 0.6 is 0 Å². The molecule has 29 heavy (non-hydrogen) atoms. The number of amides is 1. The number of hydrogen-bond donors (Lipinski definition) is 1. The van der Waals surface area contributed by atoms with Crippen LogP contribution in [-0.4, -0.2) is 38.9 Å². The molecule has 1 aliphatic heterocycles. The van der Waals surface area contributed by atoms with Gasteiger partial charge in [0.1, 0.15) is 12.4 Å². The van der Waals surface area contributed by atoms with Gasteiger partial charge in [-0.1, -0.05) is 0 Å². The van der Waals surface area contributed by atoms with Gasteiger partial charge in [-0.15, -0.1) is 0 Å². The maximum Gasteiger partial charge on any atom is 0.262 e. The Kier molecular flexibility index (Phi) is 5.63. The van der Waals surface area contributed by atoms with Gasteiger partial charge in [-0.25, -0.2) is 8.42 Å². The molecule has 7 heteroatoms. The normalized spacial score (nSPS) is 14.3. The summed E-state index contributed by atoms with van der Waals surface area (Å²) in [5, 5.41) is 0. The molecular formula is C22H28N2O4S. The first kappa shape index (κ1) is 21.2. The number of likely N-dealkylation sites (N-methyl/N-ethyl adjacent to an activating group) is 1. The topological polar surface area (TPSA) is 75.7 Å². The molecule has 0 fully saturated rings. The molecule has 156 valence electrons. The van der Waals surface area contributed by atoms with Gasteiger partial charge in [0.15, 0.2) is 0 Å². The molecule has 1 heterocycles. The van der Waals surface area contributed by atoms with Gasteiger partial charge in [-0.05, 0) is 87.6 Å². The van der Waals surface area contributed by atoms with Crippen LogP contribution in [0.1, 0.15) is 45.1 Å². The molecule has 0 bridgehead atoms. The lowest BCUT2D eigenvalue weighted by molar-refractivity contribution is 0.0765. The van der Waals surface area contributed by atoms with Crippen molar-refractivity contribution < 1.29 is 17.9 Å². The number of rotatable bonds is 4. The number of nitrogens with one attached hydrogen (secondary N) is 1. The van der Waals surface area contributed by atoms with Gasteiger partial charge in [0.2, 0.25) is 0 Å². The molecule has 6 nitrogen and oxygen atoms in total. The highest BCUT2D eigenvalue weighted by Gasteiger charge is 2.26. The summed E-state index contributed by atoms with van der Waals surface area (Å²) < 4.78 is 34.8. The van der Waals surface area contributed by atoms with E-state index in [4.69, 9.17) is 4.74 Å². The fourth-order valence-corrected chi connectivity index (χ4v) is 5.45. The quantitative estimate of drug-likeness (QED) is 0.821. The first-order chi connectivity index (χ1) is 13.6. The molecule has 0 atom stereocenters. The SMILES string of the molecule is CCN1CCOc2ccc(NS(=O)(=O)c3c(C)c(C)c(C)c(C)c3C)cc2C1=O. The van der Waals surface area contributed by atoms with Crippen molar-refractivity contribution in [2.45, 2.75) is 46.4 Å². The molecule has 0 saturated carbocycles. The second-order valence-electron chi connectivity index (χ2n) is 7.50. The summed E-state index contributed by atoms with van der Waals surface area (Å²) in [5.74, 6) is 0.318. The van der Waals surface area contributed by atoms with Crippen LogP contribution in [0.5, 0.6) is 5.75 Å². The lowest BCUT2D eigenvalue weighted by Gasteiger charge is -2.20. The number of carbonyl (C=O) groups is 1. The van der Waals surface area contributed by atoms with E-state index in [0.717, 1.165) is 27.8 Å². The monoisotopic (exact) mass is 416 g/mol. The third-order valence-corrected chi connectivity index (χ3v) is 7.60. The van der Waals surface area contributed by atoms with Crippen LogP contribution in [0.25, 0.3) is 0 Å². The lowest BCUT2D eigenvalue weighted by Crippen LogP contribution is -2.32. The number of carbonyl (C=O) groups excluding carboxylic acids is 1. The molecule has 1 aliphatic rings. The molecule has 0 radical (unpaired) electrons. The second kappa shape index (κ2) is 7.71. The molecule has 2 aromatic carbocycles. The minimum Gasteiger partial charge on any atom is -0.491 e. The first-order valence-corrected chi connectivity index (χ1v) is 11.2. The number of anilines is 1. The van der Waals surface area contributed by atoms with Gasteiger partial charge < -0.3 is 9.64 Å². The Morgan fingerprint density at radius 3 is 2.17 bits per heavy atom. The number of ether oxygens (including phenoxy) is 1. The van der Waals surface area contributed by atoms with Gasteiger partial charge in [-0.2, -0.15) is 0 Å². The van der Waals surface area contributed by atoms with E-state index in [1.54, 1.807) is 23.1 Å². The fourth-order valence-electron chi connectivity index (χ4n) is 3.80. The smallest absolute Gasteiger partial charge is 0.262 e. The van der Waals surface area contributed by atoms with Gasteiger partial charge in [-0.3, -0.25) is 9.52 Å². The summed E-state index contributed by atoms with van der Waals surface area (Å²) in [4.78, 5) is 14.7. The van der Waals surface area contributed by atoms with Gasteiger partial charge in [0.25, 0.3) is 15.9 Å². The summed E-state index contributed by atoms with van der Waals surface area (Å²) in [6.45, 7) is 12.9. The van der Waals surface area contributed by atoms with E-state index in [0.29, 0.717) is 41.6 Å². The van der Waals surface area contributed by atoms with Crippen LogP contribution < -0.4 is 9.46 Å². The van der Waals surface area contributed by atoms with Crippen molar-refractivity contribution in [3.63, 3.8) is 0 Å². The zero-order chi connectivity index (χ0) is 21.5. The summed E-state index contributed by atoms with van der Waals surface area (Å²) in [5.41, 5.74) is 5.23. The van der Waals surface area contributed by atoms with Crippen LogP contribution in [0.15, 0.2) is 23.1 Å². The van der Waals surface area contributed by atoms with Crippen LogP contribution in [0.3, 0.4) is 0 Å². The lowest BCUT2D eigenvalue weighted by atomic mass is 9.95. The summed E-state index contributed by atoms with van der Waals surface area (Å²) in [6.07, 6.45) is 0. The highest BCUT2D eigenvalue weighted by Crippen LogP contribution is 2.32. The molecule has 3 rings (SSSR count). The van der Waals surface area contributed by atoms with Crippen molar-refractivity contribution in [3.8, 4) is 5.75 Å². The minimum atomic E-state index is -3.82. The number of fused-ring (bicyclic) bond motifs is 1. The zero-order valence-corrected chi connectivity index (χ0v) is 18.7. The minimum absolute atomic E-state index is 0.157. The van der Waals surface area contributed by atoms with E-state index in [1.807, 2.05) is 41.5 Å². The number of sulfonamides is 1. The molecule has 0 aliphatic carbocycles. The third-order valence-electron chi connectivity index (χ3n) is 5.95. The number of nitrogens with zero attached hydrogens (tertiary/aromatic N) is 1. The van der Waals surface area contributed by atoms with Crippen LogP contribution in [0.2, 0.25) is 0 Å². The summed E-state index contributed by atoms with van der Waals surface area (Å²) in [6, 6.07) is 4.83. The van der Waals surface area contributed by atoms with Crippen LogP contribution in [0.4, 0.5) is 5.69 Å². The van der Waals surface area contributed by atoms with Crippen molar-refractivity contribution in [1.29, 1.82) is 0 Å². The zero-order valence-electron chi connectivity index (χ0n) is 17.8. The molecule has 0 saturated heterocycles. The number of hydrogen-bond acceptors (Lipinski definition) is 4. The first-order valence-electron chi connectivity index (χ1n) is 9.74. The highest BCUT2D eigenvalue weighted by atomic mass is 32.2. The van der Waals surface area contributed by atoms with E-state index in [2.05, 4.69) is 4.72 Å². The Morgan fingerprint density at radius 1 is 1.00 bits per heavy atom. The molecule has 0 spiro atoms. The molecular weight excluding hydrogens is 388 g/mol. The molecule has 1 amide bonds. The largest absolute Gasteiger partial charge is 0.491 e. The summed E-state index contributed by atoms with van der Waals surface area (Å²) in [7, 11) is -3.82. The van der Waals surface area contributed by atoms with Gasteiger partial charge in [0, 0.05) is 12.2 Å². The summed E-state index contributed by atoms with van der Waals surface area (Å²) >= 11 is 0. The average molecular weight is 417 g/mol. The average Bonchev–Trinajstić information content (AvgIpc) is 2.83. The fraction of sp³-hybridized carbons (Fsp3) is 0.409. The Morgan fingerprint density at radius 2 is 1.59 bits per heavy atom. The van der Waals surface area contributed by atoms with Gasteiger partial charge >= 0.3 is 0 Å². The maximum absolute atomic E-state index is 13.3. The Labute approximate surface area is 172 Å². The van der Waals surface area contributed by atoms with Crippen molar-refractivity contribution in [3.05, 3.63) is 51.6 Å². The Balaban J connectivity index is 2.05. The van der Waals surface area contributed by atoms with E-state index in [-0.39, 0.29) is 5.91 Å². The maximum atomic E-state index is 13.3. The molecule has 2 aromatic rings. The molecule has 1 N–H and O–H groups in total. The predicted octanol–water partition coefficient (Wildman–Crippen LogP) is 3.88. The van der Waals surface area contributed by atoms with E-state index in [9.17, 15) is 13.2 Å². The van der Waals surface area contributed by atoms with Crippen LogP contribution in [-0.2, 0) is 10.0 Å². The Hall–Kier alpha value is -2.54. The van der Waals surface area contributed by atoms with Gasteiger partial charge in [0.05, 0.1) is 17.0 Å².